The molecule has 1 fully saturated rings. The van der Waals surface area contributed by atoms with Crippen molar-refractivity contribution in [1.29, 1.82) is 0 Å². The molecule has 6 nitrogen and oxygen atoms in total. The Morgan fingerprint density at radius 3 is 3.03 bits per heavy atom. The Hall–Kier alpha value is -3.09. The molecule has 1 aliphatic heterocycles. The van der Waals surface area contributed by atoms with E-state index in [1.807, 2.05) is 36.1 Å². The van der Waals surface area contributed by atoms with Crippen LogP contribution in [0.5, 0.6) is 5.75 Å². The molecule has 7 heteroatoms. The third kappa shape index (κ3) is 5.70. The van der Waals surface area contributed by atoms with E-state index in [0.717, 1.165) is 36.8 Å². The topological polar surface area (TPSA) is 61.8 Å². The van der Waals surface area contributed by atoms with Crippen molar-refractivity contribution in [2.75, 3.05) is 31.1 Å². The van der Waals surface area contributed by atoms with Gasteiger partial charge in [0.05, 0.1) is 6.54 Å². The number of nitrogens with one attached hydrogen (secondary N) is 2. The quantitative estimate of drug-likeness (QED) is 0.407. The minimum absolute atomic E-state index is 0.168. The summed E-state index contributed by atoms with van der Waals surface area (Å²) in [5.74, 6) is 1.67. The van der Waals surface area contributed by atoms with Crippen molar-refractivity contribution in [2.24, 2.45) is 4.99 Å². The molecule has 1 unspecified atom stereocenters. The van der Waals surface area contributed by atoms with Crippen LogP contribution in [0, 0.1) is 5.82 Å². The smallest absolute Gasteiger partial charge is 0.191 e. The number of aliphatic imine (C=N–C) groups is 1. The van der Waals surface area contributed by atoms with Crippen LogP contribution in [-0.2, 0) is 6.54 Å². The Bertz CT molecular complexity index is 841. The van der Waals surface area contributed by atoms with Crippen LogP contribution in [-0.4, -0.2) is 43.2 Å². The monoisotopic (exact) mass is 397 g/mol. The summed E-state index contributed by atoms with van der Waals surface area (Å²) in [5, 5.41) is 6.74. The van der Waals surface area contributed by atoms with E-state index in [1.165, 1.54) is 6.07 Å². The molecule has 0 bridgehead atoms. The highest BCUT2D eigenvalue weighted by molar-refractivity contribution is 5.80. The van der Waals surface area contributed by atoms with Gasteiger partial charge in [0, 0.05) is 37.4 Å². The summed E-state index contributed by atoms with van der Waals surface area (Å²) >= 11 is 0. The minimum Gasteiger partial charge on any atom is -0.489 e. The molecule has 0 amide bonds. The third-order valence-electron chi connectivity index (χ3n) is 4.65. The van der Waals surface area contributed by atoms with E-state index in [0.29, 0.717) is 25.5 Å². The van der Waals surface area contributed by atoms with Gasteiger partial charge in [-0.05, 0) is 31.5 Å². The van der Waals surface area contributed by atoms with Crippen molar-refractivity contribution in [1.82, 2.24) is 15.6 Å². The molecule has 1 aromatic carbocycles. The zero-order valence-corrected chi connectivity index (χ0v) is 16.8. The Morgan fingerprint density at radius 1 is 1.38 bits per heavy atom. The molecule has 1 aliphatic rings. The second-order valence-corrected chi connectivity index (χ2v) is 6.79. The number of benzene rings is 1. The molecule has 0 radical (unpaired) electrons. The van der Waals surface area contributed by atoms with Crippen LogP contribution in [0.1, 0.15) is 18.9 Å². The van der Waals surface area contributed by atoms with E-state index in [9.17, 15) is 4.39 Å². The van der Waals surface area contributed by atoms with Gasteiger partial charge >= 0.3 is 0 Å². The van der Waals surface area contributed by atoms with Gasteiger partial charge in [-0.1, -0.05) is 30.9 Å². The highest BCUT2D eigenvalue weighted by Gasteiger charge is 2.25. The molecule has 2 N–H and O–H groups in total. The van der Waals surface area contributed by atoms with Gasteiger partial charge in [-0.2, -0.15) is 0 Å². The standard InChI is InChI=1S/C22H28FN5O/c1-3-14-29-20-10-6-5-8-17(20)15-26-22(24-4-2)27-18-11-13-28(16-18)21-19(23)9-7-12-25-21/h3,5-10,12,18H,1,4,11,13-16H2,2H3,(H2,24,26,27). The number of guanidine groups is 1. The van der Waals surface area contributed by atoms with Crippen molar-refractivity contribution in [3.8, 4) is 5.75 Å². The highest BCUT2D eigenvalue weighted by atomic mass is 19.1. The summed E-state index contributed by atoms with van der Waals surface area (Å²) in [4.78, 5) is 10.9. The summed E-state index contributed by atoms with van der Waals surface area (Å²) in [6.07, 6.45) is 4.23. The number of para-hydroxylation sites is 1. The maximum Gasteiger partial charge on any atom is 0.191 e. The zero-order chi connectivity index (χ0) is 20.5. The third-order valence-corrected chi connectivity index (χ3v) is 4.65. The summed E-state index contributed by atoms with van der Waals surface area (Å²) in [6, 6.07) is 11.1. The molecule has 154 valence electrons. The van der Waals surface area contributed by atoms with E-state index >= 15 is 0 Å². The van der Waals surface area contributed by atoms with Crippen LogP contribution in [0.15, 0.2) is 60.2 Å². The van der Waals surface area contributed by atoms with Gasteiger partial charge in [0.25, 0.3) is 0 Å². The van der Waals surface area contributed by atoms with Gasteiger partial charge < -0.3 is 20.3 Å². The number of hydrogen-bond donors (Lipinski definition) is 2. The lowest BCUT2D eigenvalue weighted by molar-refractivity contribution is 0.359. The first-order valence-corrected chi connectivity index (χ1v) is 9.93. The lowest BCUT2D eigenvalue weighted by Gasteiger charge is -2.20. The molecular formula is C22H28FN5O. The molecule has 2 heterocycles. The second-order valence-electron chi connectivity index (χ2n) is 6.79. The number of anilines is 1. The highest BCUT2D eigenvalue weighted by Crippen LogP contribution is 2.21. The van der Waals surface area contributed by atoms with Crippen LogP contribution in [0.3, 0.4) is 0 Å². The fraction of sp³-hybridized carbons (Fsp3) is 0.364. The average Bonchev–Trinajstić information content (AvgIpc) is 3.20. The summed E-state index contributed by atoms with van der Waals surface area (Å²) in [7, 11) is 0. The first kappa shape index (κ1) is 20.6. The second kappa shape index (κ2) is 10.5. The minimum atomic E-state index is -0.287. The van der Waals surface area contributed by atoms with E-state index < -0.39 is 0 Å². The molecule has 2 aromatic rings. The van der Waals surface area contributed by atoms with Gasteiger partial charge in [0.2, 0.25) is 0 Å². The number of nitrogens with zero attached hydrogens (tertiary/aromatic N) is 3. The number of aromatic nitrogens is 1. The van der Waals surface area contributed by atoms with Crippen LogP contribution in [0.25, 0.3) is 0 Å². The SMILES string of the molecule is C=CCOc1ccccc1CN=C(NCC)NC1CCN(c2ncccc2F)C1. The normalized spacial score (nSPS) is 16.6. The molecule has 1 saturated heterocycles. The van der Waals surface area contributed by atoms with Gasteiger partial charge in [0.15, 0.2) is 17.6 Å². The van der Waals surface area contributed by atoms with Crippen LogP contribution >= 0.6 is 0 Å². The maximum absolute atomic E-state index is 14.0. The fourth-order valence-corrected chi connectivity index (χ4v) is 3.28. The number of rotatable bonds is 8. The molecule has 0 spiro atoms. The average molecular weight is 397 g/mol. The van der Waals surface area contributed by atoms with E-state index in [4.69, 9.17) is 9.73 Å². The van der Waals surface area contributed by atoms with Gasteiger partial charge in [-0.25, -0.2) is 14.4 Å². The molecule has 1 atom stereocenters. The van der Waals surface area contributed by atoms with Crippen LogP contribution in [0.2, 0.25) is 0 Å². The summed E-state index contributed by atoms with van der Waals surface area (Å²) in [5.41, 5.74) is 1.01. The lowest BCUT2D eigenvalue weighted by atomic mass is 10.2. The molecule has 0 aliphatic carbocycles. The largest absolute Gasteiger partial charge is 0.489 e. The van der Waals surface area contributed by atoms with E-state index in [1.54, 1.807) is 18.3 Å². The van der Waals surface area contributed by atoms with Crippen molar-refractivity contribution in [3.05, 3.63) is 66.6 Å². The molecule has 0 saturated carbocycles. The van der Waals surface area contributed by atoms with Gasteiger partial charge in [-0.3, -0.25) is 0 Å². The van der Waals surface area contributed by atoms with Crippen molar-refractivity contribution < 1.29 is 9.13 Å². The molecular weight excluding hydrogens is 369 g/mol. The Morgan fingerprint density at radius 2 is 2.24 bits per heavy atom. The molecule has 29 heavy (non-hydrogen) atoms. The van der Waals surface area contributed by atoms with E-state index in [2.05, 4.69) is 22.2 Å². The summed E-state index contributed by atoms with van der Waals surface area (Å²) < 4.78 is 19.7. The predicted molar refractivity (Wildman–Crippen MR) is 115 cm³/mol. The maximum atomic E-state index is 14.0. The van der Waals surface area contributed by atoms with Gasteiger partial charge in [-0.15, -0.1) is 0 Å². The Balaban J connectivity index is 1.63. The molecule has 3 rings (SSSR count). The molecule has 1 aromatic heterocycles. The van der Waals surface area contributed by atoms with Crippen molar-refractivity contribution >= 4 is 11.8 Å². The van der Waals surface area contributed by atoms with E-state index in [-0.39, 0.29) is 11.9 Å². The first-order chi connectivity index (χ1) is 14.2. The van der Waals surface area contributed by atoms with Crippen molar-refractivity contribution in [2.45, 2.75) is 25.9 Å². The summed E-state index contributed by atoms with van der Waals surface area (Å²) in [6.45, 7) is 8.86. The predicted octanol–water partition coefficient (Wildman–Crippen LogP) is 3.12. The lowest BCUT2D eigenvalue weighted by Crippen LogP contribution is -2.44. The van der Waals surface area contributed by atoms with Crippen LogP contribution < -0.4 is 20.3 Å². The number of halogens is 1. The Kier molecular flexibility index (Phi) is 7.44. The first-order valence-electron chi connectivity index (χ1n) is 9.93. The fourth-order valence-electron chi connectivity index (χ4n) is 3.28. The van der Waals surface area contributed by atoms with Gasteiger partial charge in [0.1, 0.15) is 12.4 Å². The van der Waals surface area contributed by atoms with Crippen molar-refractivity contribution in [3.63, 3.8) is 0 Å². The number of hydrogen-bond acceptors (Lipinski definition) is 4. The Labute approximate surface area is 171 Å². The van der Waals surface area contributed by atoms with Crippen LogP contribution in [0.4, 0.5) is 10.2 Å². The zero-order valence-electron chi connectivity index (χ0n) is 16.8. The number of pyridine rings is 1. The number of ether oxygens (including phenoxy) is 1.